The summed E-state index contributed by atoms with van der Waals surface area (Å²) < 4.78 is 4.81. The summed E-state index contributed by atoms with van der Waals surface area (Å²) in [5.74, 6) is -0.462. The number of hydrogen-bond donors (Lipinski definition) is 5. The number of carbonyl (C=O) groups excluding carboxylic acids is 1. The van der Waals surface area contributed by atoms with E-state index < -0.39 is 43.2 Å². The molecule has 1 saturated heterocycles. The molecule has 0 aromatic carbocycles. The van der Waals surface area contributed by atoms with Crippen LogP contribution in [0.5, 0.6) is 0 Å². The Labute approximate surface area is 86.3 Å². The van der Waals surface area contributed by atoms with Gasteiger partial charge >= 0.3 is 0 Å². The molecule has 5 atom stereocenters. The van der Waals surface area contributed by atoms with Crippen LogP contribution in [0.1, 0.15) is 6.92 Å². The zero-order valence-electron chi connectivity index (χ0n) is 8.20. The summed E-state index contributed by atoms with van der Waals surface area (Å²) in [5, 5.41) is 39.4. The standard InChI is InChI=1S/C8H15NO6/c1-3(11)9-5-7(13)6(12)4(2-10)15-8(5)14/h4-8,10,12-14H,2H2,1H3,(H,9,11)/t4?,5?,6-,7+,8+/m1/s1. The molecular formula is C8H15NO6. The van der Waals surface area contributed by atoms with Gasteiger partial charge in [0.2, 0.25) is 5.91 Å². The Kier molecular flexibility index (Phi) is 4.00. The van der Waals surface area contributed by atoms with Gasteiger partial charge in [-0.05, 0) is 0 Å². The van der Waals surface area contributed by atoms with Crippen molar-refractivity contribution in [3.8, 4) is 0 Å². The average Bonchev–Trinajstić information content (AvgIpc) is 2.18. The van der Waals surface area contributed by atoms with E-state index in [1.54, 1.807) is 0 Å². The first-order valence-corrected chi connectivity index (χ1v) is 4.55. The minimum atomic E-state index is -1.45. The number of amides is 1. The van der Waals surface area contributed by atoms with Gasteiger partial charge in [0.05, 0.1) is 6.61 Å². The Balaban J connectivity index is 2.70. The van der Waals surface area contributed by atoms with E-state index in [-0.39, 0.29) is 0 Å². The van der Waals surface area contributed by atoms with E-state index in [1.807, 2.05) is 0 Å². The van der Waals surface area contributed by atoms with Gasteiger partial charge in [0, 0.05) is 6.92 Å². The van der Waals surface area contributed by atoms with Crippen LogP contribution in [0.2, 0.25) is 0 Å². The van der Waals surface area contributed by atoms with E-state index in [0.717, 1.165) is 0 Å². The van der Waals surface area contributed by atoms with Crippen molar-refractivity contribution in [1.29, 1.82) is 0 Å². The highest BCUT2D eigenvalue weighted by Gasteiger charge is 2.43. The Morgan fingerprint density at radius 3 is 2.40 bits per heavy atom. The highest BCUT2D eigenvalue weighted by molar-refractivity contribution is 5.73. The summed E-state index contributed by atoms with van der Waals surface area (Å²) in [4.78, 5) is 10.7. The monoisotopic (exact) mass is 221 g/mol. The van der Waals surface area contributed by atoms with Crippen LogP contribution in [0.25, 0.3) is 0 Å². The first kappa shape index (κ1) is 12.3. The van der Waals surface area contributed by atoms with Crippen molar-refractivity contribution in [2.24, 2.45) is 0 Å². The van der Waals surface area contributed by atoms with Crippen molar-refractivity contribution in [3.63, 3.8) is 0 Å². The first-order chi connectivity index (χ1) is 6.97. The molecule has 2 unspecified atom stereocenters. The number of nitrogens with one attached hydrogen (secondary N) is 1. The van der Waals surface area contributed by atoms with Crippen LogP contribution >= 0.6 is 0 Å². The van der Waals surface area contributed by atoms with Gasteiger partial charge in [-0.3, -0.25) is 4.79 Å². The van der Waals surface area contributed by atoms with Gasteiger partial charge in [-0.25, -0.2) is 0 Å². The maximum absolute atomic E-state index is 10.7. The summed E-state index contributed by atoms with van der Waals surface area (Å²) in [5.41, 5.74) is 0. The second-order valence-electron chi connectivity index (χ2n) is 3.46. The lowest BCUT2D eigenvalue weighted by Crippen LogP contribution is -2.63. The van der Waals surface area contributed by atoms with Crippen molar-refractivity contribution in [2.75, 3.05) is 6.61 Å². The molecule has 1 rings (SSSR count). The number of aliphatic hydroxyl groups excluding tert-OH is 4. The highest BCUT2D eigenvalue weighted by atomic mass is 16.6. The zero-order valence-corrected chi connectivity index (χ0v) is 8.20. The second-order valence-corrected chi connectivity index (χ2v) is 3.46. The van der Waals surface area contributed by atoms with Crippen LogP contribution in [0.3, 0.4) is 0 Å². The van der Waals surface area contributed by atoms with Gasteiger partial charge in [-0.2, -0.15) is 0 Å². The molecule has 1 aliphatic heterocycles. The lowest BCUT2D eigenvalue weighted by Gasteiger charge is -2.40. The van der Waals surface area contributed by atoms with Gasteiger partial charge in [-0.15, -0.1) is 0 Å². The molecule has 1 fully saturated rings. The molecule has 0 aliphatic carbocycles. The Morgan fingerprint density at radius 2 is 1.93 bits per heavy atom. The molecule has 5 N–H and O–H groups in total. The topological polar surface area (TPSA) is 119 Å². The summed E-state index contributed by atoms with van der Waals surface area (Å²) in [6.07, 6.45) is -5.24. The fraction of sp³-hybridized carbons (Fsp3) is 0.875. The van der Waals surface area contributed by atoms with Crippen LogP contribution in [-0.2, 0) is 9.53 Å². The maximum Gasteiger partial charge on any atom is 0.217 e. The molecular weight excluding hydrogens is 206 g/mol. The molecule has 88 valence electrons. The average molecular weight is 221 g/mol. The second kappa shape index (κ2) is 4.86. The van der Waals surface area contributed by atoms with Crippen molar-refractivity contribution >= 4 is 5.91 Å². The summed E-state index contributed by atoms with van der Waals surface area (Å²) in [6, 6.07) is -1.10. The third-order valence-electron chi connectivity index (χ3n) is 2.27. The van der Waals surface area contributed by atoms with E-state index in [2.05, 4.69) is 5.32 Å². The van der Waals surface area contributed by atoms with E-state index in [1.165, 1.54) is 6.92 Å². The number of carbonyl (C=O) groups is 1. The molecule has 0 bridgehead atoms. The van der Waals surface area contributed by atoms with E-state index in [0.29, 0.717) is 0 Å². The van der Waals surface area contributed by atoms with Crippen LogP contribution in [0, 0.1) is 0 Å². The number of hydrogen-bond acceptors (Lipinski definition) is 6. The number of aliphatic hydroxyl groups is 4. The zero-order chi connectivity index (χ0) is 11.6. The molecule has 1 heterocycles. The molecule has 15 heavy (non-hydrogen) atoms. The Morgan fingerprint density at radius 1 is 1.33 bits per heavy atom. The summed E-state index contributed by atoms with van der Waals surface area (Å²) in [7, 11) is 0. The van der Waals surface area contributed by atoms with Gasteiger partial charge in [0.25, 0.3) is 0 Å². The molecule has 0 radical (unpaired) electrons. The third kappa shape index (κ3) is 2.64. The Hall–Kier alpha value is -0.730. The third-order valence-corrected chi connectivity index (χ3v) is 2.27. The lowest BCUT2D eigenvalue weighted by atomic mass is 9.97. The number of rotatable bonds is 2. The molecule has 0 aromatic heterocycles. The van der Waals surface area contributed by atoms with Gasteiger partial charge < -0.3 is 30.5 Å². The number of ether oxygens (including phenoxy) is 1. The SMILES string of the molecule is CC(=O)NC1[C@@H](O)OC(CO)[C@@H](O)[C@H]1O. The van der Waals surface area contributed by atoms with Crippen molar-refractivity contribution in [1.82, 2.24) is 5.32 Å². The van der Waals surface area contributed by atoms with Gasteiger partial charge in [0.1, 0.15) is 24.4 Å². The summed E-state index contributed by atoms with van der Waals surface area (Å²) >= 11 is 0. The van der Waals surface area contributed by atoms with Gasteiger partial charge in [0.15, 0.2) is 6.29 Å². The fourth-order valence-corrected chi connectivity index (χ4v) is 1.49. The quantitative estimate of drug-likeness (QED) is 0.337. The van der Waals surface area contributed by atoms with E-state index in [9.17, 15) is 20.1 Å². The van der Waals surface area contributed by atoms with Crippen LogP contribution in [0.15, 0.2) is 0 Å². The Bertz CT molecular complexity index is 235. The molecule has 0 saturated carbocycles. The predicted octanol–water partition coefficient (Wildman–Crippen LogP) is -3.08. The summed E-state index contributed by atoms with van der Waals surface area (Å²) in [6.45, 7) is 0.687. The molecule has 1 amide bonds. The van der Waals surface area contributed by atoms with Crippen LogP contribution in [-0.4, -0.2) is 63.6 Å². The fourth-order valence-electron chi connectivity index (χ4n) is 1.49. The maximum atomic E-state index is 10.7. The normalized spacial score (nSPS) is 41.3. The van der Waals surface area contributed by atoms with Crippen LogP contribution in [0.4, 0.5) is 0 Å². The molecule has 0 aromatic rings. The van der Waals surface area contributed by atoms with E-state index in [4.69, 9.17) is 9.84 Å². The molecule has 7 heteroatoms. The molecule has 1 aliphatic rings. The molecule has 7 nitrogen and oxygen atoms in total. The van der Waals surface area contributed by atoms with Crippen molar-refractivity contribution < 1.29 is 30.0 Å². The van der Waals surface area contributed by atoms with Crippen molar-refractivity contribution in [3.05, 3.63) is 0 Å². The van der Waals surface area contributed by atoms with Crippen LogP contribution < -0.4 is 5.32 Å². The minimum Gasteiger partial charge on any atom is -0.394 e. The predicted molar refractivity (Wildman–Crippen MR) is 47.6 cm³/mol. The van der Waals surface area contributed by atoms with Gasteiger partial charge in [-0.1, -0.05) is 0 Å². The first-order valence-electron chi connectivity index (χ1n) is 4.55. The largest absolute Gasteiger partial charge is 0.394 e. The molecule has 0 spiro atoms. The smallest absolute Gasteiger partial charge is 0.217 e. The lowest BCUT2D eigenvalue weighted by molar-refractivity contribution is -0.253. The minimum absolute atomic E-state index is 0.462. The van der Waals surface area contributed by atoms with Crippen molar-refractivity contribution in [2.45, 2.75) is 37.6 Å². The highest BCUT2D eigenvalue weighted by Crippen LogP contribution is 2.19. The van der Waals surface area contributed by atoms with E-state index >= 15 is 0 Å².